The maximum absolute atomic E-state index is 15.2. The topological polar surface area (TPSA) is 99.6 Å². The number of carbonyl (C=O) groups excluding carboxylic acids is 3. The molecule has 10 heteroatoms. The van der Waals surface area contributed by atoms with Crippen LogP contribution in [-0.2, 0) is 19.1 Å². The van der Waals surface area contributed by atoms with Gasteiger partial charge in [0.05, 0.1) is 37.2 Å². The van der Waals surface area contributed by atoms with Crippen molar-refractivity contribution in [3.8, 4) is 5.75 Å². The van der Waals surface area contributed by atoms with E-state index in [-0.39, 0.29) is 53.6 Å². The lowest BCUT2D eigenvalue weighted by molar-refractivity contribution is -0.155. The first-order chi connectivity index (χ1) is 22.5. The number of amides is 3. The number of aliphatic hydroxyl groups is 1. The lowest BCUT2D eigenvalue weighted by Gasteiger charge is -2.46. The first-order valence-electron chi connectivity index (χ1n) is 17.3. The van der Waals surface area contributed by atoms with Gasteiger partial charge in [-0.1, -0.05) is 62.7 Å². The monoisotopic (exact) mass is 729 g/mol. The van der Waals surface area contributed by atoms with Crippen molar-refractivity contribution in [1.29, 1.82) is 0 Å². The number of rotatable bonds is 15. The van der Waals surface area contributed by atoms with Crippen LogP contribution in [-0.4, -0.2) is 93.1 Å². The molecule has 1 aromatic carbocycles. The second kappa shape index (κ2) is 14.7. The number of hydrogen-bond acceptors (Lipinski definition) is 6. The summed E-state index contributed by atoms with van der Waals surface area (Å²) >= 11 is 3.81. The van der Waals surface area contributed by atoms with Gasteiger partial charge < -0.3 is 29.3 Å². The molecule has 3 aliphatic rings. The van der Waals surface area contributed by atoms with Crippen LogP contribution in [0.2, 0.25) is 0 Å². The number of likely N-dealkylation sites (tertiary alicyclic amines) is 1. The highest BCUT2D eigenvalue weighted by Gasteiger charge is 2.77. The molecule has 3 saturated heterocycles. The molecule has 266 valence electrons. The maximum atomic E-state index is 15.2. The second-order valence-corrected chi connectivity index (χ2v) is 17.0. The Labute approximate surface area is 295 Å². The van der Waals surface area contributed by atoms with E-state index >= 15 is 4.79 Å². The molecule has 3 heterocycles. The molecule has 3 aliphatic heterocycles. The summed E-state index contributed by atoms with van der Waals surface area (Å²) in [6.07, 6.45) is 4.34. The molecule has 1 spiro atoms. The Morgan fingerprint density at radius 2 is 1.75 bits per heavy atom. The quantitative estimate of drug-likeness (QED) is 0.176. The van der Waals surface area contributed by atoms with Crippen LogP contribution < -0.4 is 9.64 Å². The minimum atomic E-state index is -1.26. The number of ether oxygens (including phenoxy) is 2. The minimum Gasteiger partial charge on any atom is -0.494 e. The third-order valence-corrected chi connectivity index (χ3v) is 10.7. The number of hydrogen-bond donors (Lipinski definition) is 1. The molecule has 48 heavy (non-hydrogen) atoms. The third kappa shape index (κ3) is 7.13. The average molecular weight is 731 g/mol. The zero-order valence-corrected chi connectivity index (χ0v) is 31.7. The number of alkyl halides is 1. The Kier molecular flexibility index (Phi) is 11.6. The summed E-state index contributed by atoms with van der Waals surface area (Å²) in [6, 6.07) is 5.64. The molecule has 0 radical (unpaired) electrons. The van der Waals surface area contributed by atoms with Crippen LogP contribution >= 0.6 is 15.9 Å². The largest absolute Gasteiger partial charge is 0.494 e. The SMILES string of the molecule is C=CCN(C(=O)[C@H]1[C@H]2C(=O)N([C@@H](CO)CC(C)C)C(C(=O)N(CC=C)C(C)(C)CC(C)(C)C)C23CC(Br)[C@@H]1O3)c1ccc(OCC)cc1. The van der Waals surface area contributed by atoms with E-state index in [9.17, 15) is 14.7 Å². The van der Waals surface area contributed by atoms with Gasteiger partial charge in [0.15, 0.2) is 0 Å². The molecule has 2 bridgehead atoms. The molecule has 4 rings (SSSR count). The number of anilines is 1. The zero-order chi connectivity index (χ0) is 35.8. The summed E-state index contributed by atoms with van der Waals surface area (Å²) in [5.74, 6) is -1.73. The smallest absolute Gasteiger partial charge is 0.249 e. The second-order valence-electron chi connectivity index (χ2n) is 15.8. The number of nitrogens with zero attached hydrogens (tertiary/aromatic N) is 3. The highest BCUT2D eigenvalue weighted by molar-refractivity contribution is 9.09. The van der Waals surface area contributed by atoms with Gasteiger partial charge in [-0.05, 0) is 75.6 Å². The van der Waals surface area contributed by atoms with Gasteiger partial charge in [-0.3, -0.25) is 14.4 Å². The van der Waals surface area contributed by atoms with Crippen molar-refractivity contribution in [2.24, 2.45) is 23.2 Å². The van der Waals surface area contributed by atoms with Crippen molar-refractivity contribution in [2.75, 3.05) is 31.2 Å². The fourth-order valence-electron chi connectivity index (χ4n) is 8.67. The summed E-state index contributed by atoms with van der Waals surface area (Å²) in [4.78, 5) is 49.6. The van der Waals surface area contributed by atoms with Gasteiger partial charge >= 0.3 is 0 Å². The highest BCUT2D eigenvalue weighted by Crippen LogP contribution is 2.61. The van der Waals surface area contributed by atoms with Crippen molar-refractivity contribution in [3.05, 3.63) is 49.6 Å². The molecule has 0 aliphatic carbocycles. The van der Waals surface area contributed by atoms with Gasteiger partial charge in [0.25, 0.3) is 0 Å². The van der Waals surface area contributed by atoms with Crippen molar-refractivity contribution >= 4 is 39.3 Å². The zero-order valence-electron chi connectivity index (χ0n) is 30.1. The van der Waals surface area contributed by atoms with E-state index < -0.39 is 41.2 Å². The average Bonchev–Trinajstić information content (AvgIpc) is 3.59. The van der Waals surface area contributed by atoms with Crippen LogP contribution in [0.3, 0.4) is 0 Å². The van der Waals surface area contributed by atoms with Crippen molar-refractivity contribution < 1.29 is 29.0 Å². The first kappa shape index (κ1) is 38.1. The lowest BCUT2D eigenvalue weighted by atomic mass is 9.69. The van der Waals surface area contributed by atoms with E-state index in [2.05, 4.69) is 49.9 Å². The molecule has 0 saturated carbocycles. The Balaban J connectivity index is 1.85. The Hall–Kier alpha value is -2.69. The van der Waals surface area contributed by atoms with Crippen LogP contribution in [0.4, 0.5) is 5.69 Å². The van der Waals surface area contributed by atoms with E-state index in [1.165, 1.54) is 0 Å². The Bertz CT molecular complexity index is 1360. The lowest BCUT2D eigenvalue weighted by Crippen LogP contribution is -2.62. The molecular formula is C38H56BrN3O6. The van der Waals surface area contributed by atoms with Gasteiger partial charge in [-0.25, -0.2) is 0 Å². The number of aliphatic hydroxyl groups excluding tert-OH is 1. The normalized spacial score (nSPS) is 27.2. The molecule has 3 amide bonds. The standard InChI is InChI=1S/C38H56BrN3O6/c1-11-18-40(25-14-16-27(17-15-25)47-13-3)33(44)29-30-34(45)42(26(22-43)20-24(4)5)32(38(30)21-28(39)31(29)48-38)35(46)41(19-12-2)37(9,10)23-36(6,7)8/h11-12,14-17,24,26,28-32,43H,1-2,13,18-23H2,3-10H3/t26-,28?,29+,30+,31+,32?,38?/m1/s1. The molecule has 9 nitrogen and oxygen atoms in total. The molecule has 7 atom stereocenters. The summed E-state index contributed by atoms with van der Waals surface area (Å²) in [7, 11) is 0. The van der Waals surface area contributed by atoms with E-state index in [0.717, 1.165) is 0 Å². The van der Waals surface area contributed by atoms with Gasteiger partial charge in [-0.2, -0.15) is 0 Å². The summed E-state index contributed by atoms with van der Waals surface area (Å²) in [6.45, 7) is 25.1. The molecule has 1 aromatic rings. The number of carbonyl (C=O) groups is 3. The first-order valence-corrected chi connectivity index (χ1v) is 18.2. The van der Waals surface area contributed by atoms with Gasteiger partial charge in [-0.15, -0.1) is 13.2 Å². The Morgan fingerprint density at radius 1 is 1.12 bits per heavy atom. The molecule has 3 unspecified atom stereocenters. The fourth-order valence-corrected chi connectivity index (χ4v) is 9.61. The molecular weight excluding hydrogens is 674 g/mol. The van der Waals surface area contributed by atoms with E-state index in [1.54, 1.807) is 22.0 Å². The summed E-state index contributed by atoms with van der Waals surface area (Å²) < 4.78 is 12.5. The van der Waals surface area contributed by atoms with E-state index in [0.29, 0.717) is 37.3 Å². The molecule has 0 aromatic heterocycles. The fraction of sp³-hybridized carbons (Fsp3) is 0.658. The maximum Gasteiger partial charge on any atom is 0.249 e. The van der Waals surface area contributed by atoms with Crippen molar-refractivity contribution in [3.63, 3.8) is 0 Å². The Morgan fingerprint density at radius 3 is 2.27 bits per heavy atom. The predicted molar refractivity (Wildman–Crippen MR) is 193 cm³/mol. The van der Waals surface area contributed by atoms with Crippen LogP contribution in [0.5, 0.6) is 5.75 Å². The molecule has 1 N–H and O–H groups in total. The summed E-state index contributed by atoms with van der Waals surface area (Å²) in [5.41, 5.74) is -1.28. The van der Waals surface area contributed by atoms with Gasteiger partial charge in [0, 0.05) is 29.1 Å². The van der Waals surface area contributed by atoms with E-state index in [4.69, 9.17) is 9.47 Å². The van der Waals surface area contributed by atoms with Crippen LogP contribution in [0.25, 0.3) is 0 Å². The third-order valence-electron chi connectivity index (χ3n) is 9.90. The van der Waals surface area contributed by atoms with Gasteiger partial charge in [0.2, 0.25) is 17.7 Å². The van der Waals surface area contributed by atoms with Crippen molar-refractivity contribution in [2.45, 2.75) is 109 Å². The van der Waals surface area contributed by atoms with E-state index in [1.807, 2.05) is 63.8 Å². The number of benzene rings is 1. The number of halogens is 1. The van der Waals surface area contributed by atoms with Crippen LogP contribution in [0.1, 0.15) is 74.7 Å². The van der Waals surface area contributed by atoms with Crippen LogP contribution in [0.15, 0.2) is 49.6 Å². The highest BCUT2D eigenvalue weighted by atomic mass is 79.9. The summed E-state index contributed by atoms with van der Waals surface area (Å²) in [5, 5.41) is 10.8. The van der Waals surface area contributed by atoms with Crippen molar-refractivity contribution in [1.82, 2.24) is 9.80 Å². The van der Waals surface area contributed by atoms with Gasteiger partial charge in [0.1, 0.15) is 17.4 Å². The predicted octanol–water partition coefficient (Wildman–Crippen LogP) is 5.99. The van der Waals surface area contributed by atoms with Crippen LogP contribution in [0, 0.1) is 23.2 Å². The molecule has 3 fully saturated rings. The number of fused-ring (bicyclic) bond motifs is 1. The minimum absolute atomic E-state index is 0.0866.